The Bertz CT molecular complexity index is 1560. The maximum absolute atomic E-state index is 11.2. The van der Waals surface area contributed by atoms with Gasteiger partial charge in [-0.05, 0) is 61.5 Å². The predicted molar refractivity (Wildman–Crippen MR) is 169 cm³/mol. The Kier molecular flexibility index (Phi) is 11.6. The van der Waals surface area contributed by atoms with Crippen LogP contribution in [0.5, 0.6) is 5.75 Å². The van der Waals surface area contributed by atoms with Gasteiger partial charge in [0, 0.05) is 30.8 Å². The Morgan fingerprint density at radius 1 is 0.860 bits per heavy atom. The molecule has 0 radical (unpaired) electrons. The Balaban J connectivity index is 1.26. The number of hydrogen-bond acceptors (Lipinski definition) is 13. The molecule has 0 saturated heterocycles. The molecule has 0 N–H and O–H groups in total. The molecule has 0 fully saturated rings. The maximum Gasteiger partial charge on any atom is 0.330 e. The summed E-state index contributed by atoms with van der Waals surface area (Å²) >= 11 is 2.86. The van der Waals surface area contributed by atoms with Gasteiger partial charge >= 0.3 is 11.9 Å². The number of benzene rings is 2. The van der Waals surface area contributed by atoms with Gasteiger partial charge in [0.15, 0.2) is 0 Å². The zero-order valence-electron chi connectivity index (χ0n) is 23.5. The van der Waals surface area contributed by atoms with Crippen LogP contribution < -0.4 is 9.64 Å². The standard InChI is InChI=1S/C30H30N6O5S2/c1-4-27(37)40-18-7-17-39-24-14-10-22(11-15-24)32-34-26-20-25-29(43-26)31-30(42-25)35-33-21-8-12-23(13-9-21)36(6-3)16-19-41-28(38)5-2/h4-5,8-15,20H,1-2,6-7,16-19H2,3H3/b34-32+,35-33+. The molecule has 0 aliphatic carbocycles. The van der Waals surface area contributed by atoms with E-state index in [4.69, 9.17) is 14.2 Å². The lowest BCUT2D eigenvalue weighted by molar-refractivity contribution is -0.138. The number of thiazole rings is 1. The molecule has 4 rings (SSSR count). The minimum Gasteiger partial charge on any atom is -0.493 e. The minimum absolute atomic E-state index is 0.279. The number of anilines is 1. The van der Waals surface area contributed by atoms with E-state index in [0.717, 1.165) is 38.9 Å². The molecule has 0 unspecified atom stereocenters. The van der Waals surface area contributed by atoms with Crippen molar-refractivity contribution >= 4 is 71.3 Å². The Morgan fingerprint density at radius 2 is 1.51 bits per heavy atom. The second-order valence-electron chi connectivity index (χ2n) is 8.69. The van der Waals surface area contributed by atoms with Crippen LogP contribution in [0.15, 0.2) is 100 Å². The van der Waals surface area contributed by atoms with E-state index in [1.165, 1.54) is 22.7 Å². The van der Waals surface area contributed by atoms with Crippen LogP contribution in [-0.4, -0.2) is 49.8 Å². The Hall–Kier alpha value is -4.75. The first-order valence-corrected chi connectivity index (χ1v) is 15.0. The summed E-state index contributed by atoms with van der Waals surface area (Å²) in [6, 6.07) is 16.9. The van der Waals surface area contributed by atoms with Crippen LogP contribution in [0.3, 0.4) is 0 Å². The van der Waals surface area contributed by atoms with Crippen molar-refractivity contribution in [2.24, 2.45) is 20.5 Å². The largest absolute Gasteiger partial charge is 0.493 e. The second-order valence-corrected chi connectivity index (χ2v) is 10.7. The topological polar surface area (TPSA) is 127 Å². The van der Waals surface area contributed by atoms with E-state index in [1.807, 2.05) is 61.5 Å². The molecule has 13 heteroatoms. The molecule has 0 atom stereocenters. The highest BCUT2D eigenvalue weighted by atomic mass is 32.1. The molecular weight excluding hydrogens is 589 g/mol. The van der Waals surface area contributed by atoms with Crippen LogP contribution in [0.4, 0.5) is 27.2 Å². The van der Waals surface area contributed by atoms with Crippen molar-refractivity contribution in [3.8, 4) is 5.75 Å². The number of esters is 2. The number of hydrogen-bond donors (Lipinski definition) is 0. The number of azo groups is 2. The summed E-state index contributed by atoms with van der Waals surface area (Å²) in [4.78, 5) is 29.7. The first kappa shape index (κ1) is 31.2. The van der Waals surface area contributed by atoms with Crippen molar-refractivity contribution in [2.75, 3.05) is 37.8 Å². The molecular formula is C30H30N6O5S2. The molecule has 4 aromatic rings. The van der Waals surface area contributed by atoms with Crippen LogP contribution in [0.1, 0.15) is 13.3 Å². The number of carbonyl (C=O) groups excluding carboxylic acids is 2. The smallest absolute Gasteiger partial charge is 0.330 e. The van der Waals surface area contributed by atoms with E-state index in [2.05, 4.69) is 43.5 Å². The van der Waals surface area contributed by atoms with Crippen molar-refractivity contribution in [2.45, 2.75) is 13.3 Å². The fraction of sp³-hybridized carbons (Fsp3) is 0.233. The normalized spacial score (nSPS) is 11.2. The quantitative estimate of drug-likeness (QED) is 0.0535. The summed E-state index contributed by atoms with van der Waals surface area (Å²) in [7, 11) is 0. The van der Waals surface area contributed by atoms with Crippen LogP contribution in [-0.2, 0) is 19.1 Å². The van der Waals surface area contributed by atoms with Crippen LogP contribution in [0.2, 0.25) is 0 Å². The molecule has 0 aliphatic rings. The highest BCUT2D eigenvalue weighted by molar-refractivity contribution is 7.30. The summed E-state index contributed by atoms with van der Waals surface area (Å²) in [5.41, 5.74) is 2.39. The highest BCUT2D eigenvalue weighted by Crippen LogP contribution is 2.39. The number of likely N-dealkylation sites (N-methyl/N-ethyl adjacent to an activating group) is 1. The van der Waals surface area contributed by atoms with Crippen molar-refractivity contribution < 1.29 is 23.8 Å². The van der Waals surface area contributed by atoms with E-state index in [9.17, 15) is 9.59 Å². The van der Waals surface area contributed by atoms with Gasteiger partial charge in [0.2, 0.25) is 5.13 Å². The lowest BCUT2D eigenvalue weighted by Crippen LogP contribution is -2.27. The minimum atomic E-state index is -0.441. The Morgan fingerprint density at radius 3 is 2.16 bits per heavy atom. The molecule has 11 nitrogen and oxygen atoms in total. The summed E-state index contributed by atoms with van der Waals surface area (Å²) in [5.74, 6) is -0.175. The van der Waals surface area contributed by atoms with Crippen LogP contribution >= 0.6 is 22.7 Å². The molecule has 0 aliphatic heterocycles. The molecule has 43 heavy (non-hydrogen) atoms. The van der Waals surface area contributed by atoms with Crippen molar-refractivity contribution in [3.05, 3.63) is 79.9 Å². The van der Waals surface area contributed by atoms with Crippen molar-refractivity contribution in [3.63, 3.8) is 0 Å². The van der Waals surface area contributed by atoms with Gasteiger partial charge in [-0.15, -0.1) is 20.5 Å². The number of nitrogens with zero attached hydrogens (tertiary/aromatic N) is 6. The van der Waals surface area contributed by atoms with E-state index in [1.54, 1.807) is 0 Å². The lowest BCUT2D eigenvalue weighted by Gasteiger charge is -2.22. The summed E-state index contributed by atoms with van der Waals surface area (Å²) in [5, 5.41) is 18.6. The molecule has 0 saturated carbocycles. The fourth-order valence-electron chi connectivity index (χ4n) is 3.62. The Labute approximate surface area is 256 Å². The molecule has 0 amide bonds. The average molecular weight is 619 g/mol. The molecule has 0 bridgehead atoms. The number of fused-ring (bicyclic) bond motifs is 1. The highest BCUT2D eigenvalue weighted by Gasteiger charge is 2.09. The average Bonchev–Trinajstić information content (AvgIpc) is 3.60. The molecule has 2 aromatic carbocycles. The third-order valence-corrected chi connectivity index (χ3v) is 7.68. The van der Waals surface area contributed by atoms with Crippen LogP contribution in [0.25, 0.3) is 9.53 Å². The van der Waals surface area contributed by atoms with Crippen molar-refractivity contribution in [1.82, 2.24) is 4.98 Å². The fourth-order valence-corrected chi connectivity index (χ4v) is 5.47. The van der Waals surface area contributed by atoms with Gasteiger partial charge in [-0.3, -0.25) is 0 Å². The molecule has 2 heterocycles. The van der Waals surface area contributed by atoms with Gasteiger partial charge in [-0.2, -0.15) is 0 Å². The molecule has 0 spiro atoms. The van der Waals surface area contributed by atoms with Gasteiger partial charge in [0.1, 0.15) is 22.2 Å². The van der Waals surface area contributed by atoms with E-state index in [-0.39, 0.29) is 13.2 Å². The zero-order valence-corrected chi connectivity index (χ0v) is 25.2. The number of thiophene rings is 1. The molecule has 222 valence electrons. The first-order chi connectivity index (χ1) is 21.0. The van der Waals surface area contributed by atoms with Gasteiger partial charge in [-0.1, -0.05) is 35.8 Å². The number of aromatic nitrogens is 1. The zero-order chi connectivity index (χ0) is 30.4. The van der Waals surface area contributed by atoms with E-state index >= 15 is 0 Å². The summed E-state index contributed by atoms with van der Waals surface area (Å²) in [6.07, 6.45) is 2.87. The third kappa shape index (κ3) is 9.65. The van der Waals surface area contributed by atoms with Gasteiger partial charge < -0.3 is 19.1 Å². The van der Waals surface area contributed by atoms with E-state index < -0.39 is 11.9 Å². The summed E-state index contributed by atoms with van der Waals surface area (Å²) in [6.45, 7) is 11.1. The van der Waals surface area contributed by atoms with Crippen LogP contribution in [0, 0.1) is 0 Å². The maximum atomic E-state index is 11.2. The van der Waals surface area contributed by atoms with Gasteiger partial charge in [0.05, 0.1) is 35.8 Å². The molecule has 2 aromatic heterocycles. The third-order valence-electron chi connectivity index (χ3n) is 5.75. The predicted octanol–water partition coefficient (Wildman–Crippen LogP) is 8.24. The summed E-state index contributed by atoms with van der Waals surface area (Å²) < 4.78 is 16.6. The van der Waals surface area contributed by atoms with Crippen molar-refractivity contribution in [1.29, 1.82) is 0 Å². The monoisotopic (exact) mass is 618 g/mol. The van der Waals surface area contributed by atoms with Gasteiger partial charge in [-0.25, -0.2) is 14.6 Å². The lowest BCUT2D eigenvalue weighted by atomic mass is 10.2. The first-order valence-electron chi connectivity index (χ1n) is 13.4. The number of ether oxygens (including phenoxy) is 3. The number of carbonyl (C=O) groups is 2. The second kappa shape index (κ2) is 16.0. The van der Waals surface area contributed by atoms with E-state index in [0.29, 0.717) is 41.8 Å². The van der Waals surface area contributed by atoms with Gasteiger partial charge in [0.25, 0.3) is 0 Å². The number of rotatable bonds is 16. The SMILES string of the molecule is C=CC(=O)OCCCOc1ccc(/N=N/c2cc3sc(/N=N/c4ccc(N(CC)CCOC(=O)C=C)cc4)nc3s2)cc1.